The molecule has 8 heteroatoms. The van der Waals surface area contributed by atoms with Crippen LogP contribution < -0.4 is 15.4 Å². The standard InChI is InChI=1S/C22H27FN4O2.HI/c1-22(2)19(18-9-11-28-20(18)22)27-21(24-3)26-13-15-12-17(8-10-25-15)29-16-6-4-14(23)5-7-16;/h4-8,10,12,18-20H,9,11,13H2,1-3H3,(H2,24,26,27);1H. The van der Waals surface area contributed by atoms with Gasteiger partial charge in [0.2, 0.25) is 0 Å². The minimum absolute atomic E-state index is 0. The monoisotopic (exact) mass is 526 g/mol. The van der Waals surface area contributed by atoms with Gasteiger partial charge in [0, 0.05) is 43.3 Å². The average Bonchev–Trinajstić information content (AvgIpc) is 3.17. The predicted molar refractivity (Wildman–Crippen MR) is 125 cm³/mol. The van der Waals surface area contributed by atoms with Gasteiger partial charge in [0.25, 0.3) is 0 Å². The van der Waals surface area contributed by atoms with E-state index < -0.39 is 0 Å². The highest BCUT2D eigenvalue weighted by atomic mass is 127. The maximum Gasteiger partial charge on any atom is 0.191 e. The molecule has 1 aromatic carbocycles. The number of hydrogen-bond acceptors (Lipinski definition) is 4. The van der Waals surface area contributed by atoms with Crippen molar-refractivity contribution in [3.8, 4) is 11.5 Å². The molecule has 6 nitrogen and oxygen atoms in total. The molecule has 0 bridgehead atoms. The van der Waals surface area contributed by atoms with Crippen LogP contribution in [-0.4, -0.2) is 36.7 Å². The Bertz CT molecular complexity index is 891. The summed E-state index contributed by atoms with van der Waals surface area (Å²) < 4.78 is 24.7. The van der Waals surface area contributed by atoms with E-state index in [1.165, 1.54) is 12.1 Å². The summed E-state index contributed by atoms with van der Waals surface area (Å²) in [6.07, 6.45) is 3.12. The zero-order chi connectivity index (χ0) is 20.4. The van der Waals surface area contributed by atoms with E-state index in [0.29, 0.717) is 36.1 Å². The third-order valence-corrected chi connectivity index (χ3v) is 5.89. The van der Waals surface area contributed by atoms with Crippen LogP contribution in [0.2, 0.25) is 0 Å². The number of ether oxygens (including phenoxy) is 2. The Hall–Kier alpha value is -1.94. The molecule has 0 amide bonds. The summed E-state index contributed by atoms with van der Waals surface area (Å²) in [5, 5.41) is 6.89. The van der Waals surface area contributed by atoms with Crippen LogP contribution in [0.4, 0.5) is 4.39 Å². The number of rotatable bonds is 5. The third-order valence-electron chi connectivity index (χ3n) is 5.89. The van der Waals surface area contributed by atoms with Crippen molar-refractivity contribution in [1.82, 2.24) is 15.6 Å². The summed E-state index contributed by atoms with van der Waals surface area (Å²) >= 11 is 0. The van der Waals surface area contributed by atoms with Gasteiger partial charge in [-0.2, -0.15) is 0 Å². The zero-order valence-electron chi connectivity index (χ0n) is 17.4. The summed E-state index contributed by atoms with van der Waals surface area (Å²) in [5.41, 5.74) is 0.905. The molecular weight excluding hydrogens is 498 g/mol. The summed E-state index contributed by atoms with van der Waals surface area (Å²) in [7, 11) is 1.77. The molecule has 0 radical (unpaired) electrons. The van der Waals surface area contributed by atoms with Crippen molar-refractivity contribution in [3.05, 3.63) is 54.1 Å². The molecule has 1 aliphatic carbocycles. The van der Waals surface area contributed by atoms with Gasteiger partial charge < -0.3 is 20.1 Å². The lowest BCUT2D eigenvalue weighted by atomic mass is 9.57. The van der Waals surface area contributed by atoms with Crippen molar-refractivity contribution in [2.24, 2.45) is 16.3 Å². The van der Waals surface area contributed by atoms with E-state index in [1.54, 1.807) is 31.4 Å². The largest absolute Gasteiger partial charge is 0.457 e. The lowest BCUT2D eigenvalue weighted by molar-refractivity contribution is -0.106. The van der Waals surface area contributed by atoms with Crippen molar-refractivity contribution in [3.63, 3.8) is 0 Å². The second-order valence-corrected chi connectivity index (χ2v) is 8.15. The molecule has 1 aliphatic heterocycles. The fourth-order valence-electron chi connectivity index (χ4n) is 4.39. The van der Waals surface area contributed by atoms with Crippen molar-refractivity contribution in [2.45, 2.75) is 39.0 Å². The first-order valence-corrected chi connectivity index (χ1v) is 9.94. The lowest BCUT2D eigenvalue weighted by Crippen LogP contribution is -2.67. The number of aliphatic imine (C=N–C) groups is 1. The summed E-state index contributed by atoms with van der Waals surface area (Å²) in [4.78, 5) is 8.75. The van der Waals surface area contributed by atoms with E-state index in [-0.39, 0.29) is 35.2 Å². The van der Waals surface area contributed by atoms with Crippen LogP contribution in [0.3, 0.4) is 0 Å². The smallest absolute Gasteiger partial charge is 0.191 e. The second-order valence-electron chi connectivity index (χ2n) is 8.15. The summed E-state index contributed by atoms with van der Waals surface area (Å²) in [5.74, 6) is 2.22. The van der Waals surface area contributed by atoms with Crippen LogP contribution in [0.15, 0.2) is 47.6 Å². The van der Waals surface area contributed by atoms with E-state index in [9.17, 15) is 4.39 Å². The first-order valence-electron chi connectivity index (χ1n) is 9.94. The molecule has 162 valence electrons. The van der Waals surface area contributed by atoms with E-state index >= 15 is 0 Å². The van der Waals surface area contributed by atoms with Crippen molar-refractivity contribution >= 4 is 29.9 Å². The number of guanidine groups is 1. The van der Waals surface area contributed by atoms with Crippen LogP contribution in [-0.2, 0) is 11.3 Å². The Balaban J connectivity index is 0.00000256. The van der Waals surface area contributed by atoms with Crippen molar-refractivity contribution in [2.75, 3.05) is 13.7 Å². The molecule has 2 aromatic rings. The van der Waals surface area contributed by atoms with Gasteiger partial charge in [-0.3, -0.25) is 9.98 Å². The highest BCUT2D eigenvalue weighted by Crippen LogP contribution is 2.52. The predicted octanol–water partition coefficient (Wildman–Crippen LogP) is 4.11. The first kappa shape index (κ1) is 22.7. The van der Waals surface area contributed by atoms with Crippen LogP contribution >= 0.6 is 24.0 Å². The highest BCUT2D eigenvalue weighted by molar-refractivity contribution is 14.0. The number of hydrogen-bond donors (Lipinski definition) is 2. The minimum Gasteiger partial charge on any atom is -0.457 e. The molecule has 2 aliphatic rings. The zero-order valence-corrected chi connectivity index (χ0v) is 19.7. The van der Waals surface area contributed by atoms with Gasteiger partial charge in [-0.15, -0.1) is 24.0 Å². The van der Waals surface area contributed by atoms with Crippen LogP contribution in [0.25, 0.3) is 0 Å². The maximum absolute atomic E-state index is 13.0. The molecule has 0 spiro atoms. The molecule has 2 N–H and O–H groups in total. The molecular formula is C22H28FIN4O2. The molecule has 1 aromatic heterocycles. The molecule has 2 heterocycles. The van der Waals surface area contributed by atoms with Gasteiger partial charge in [-0.25, -0.2) is 4.39 Å². The van der Waals surface area contributed by atoms with Crippen molar-refractivity contribution < 1.29 is 13.9 Å². The Morgan fingerprint density at radius 3 is 2.77 bits per heavy atom. The number of halogens is 2. The van der Waals surface area contributed by atoms with Gasteiger partial charge in [0.1, 0.15) is 17.3 Å². The third kappa shape index (κ3) is 4.69. The van der Waals surface area contributed by atoms with Gasteiger partial charge in [0.05, 0.1) is 18.3 Å². The number of benzene rings is 1. The van der Waals surface area contributed by atoms with Gasteiger partial charge >= 0.3 is 0 Å². The van der Waals surface area contributed by atoms with E-state index in [0.717, 1.165) is 24.7 Å². The fraction of sp³-hybridized carbons (Fsp3) is 0.455. The molecule has 1 saturated carbocycles. The number of aromatic nitrogens is 1. The molecule has 3 unspecified atom stereocenters. The average molecular weight is 526 g/mol. The Kier molecular flexibility index (Phi) is 7.18. The minimum atomic E-state index is -0.291. The number of fused-ring (bicyclic) bond motifs is 1. The maximum atomic E-state index is 13.0. The van der Waals surface area contributed by atoms with Crippen LogP contribution in [0.1, 0.15) is 26.0 Å². The SMILES string of the molecule is CN=C(NCc1cc(Oc2ccc(F)cc2)ccn1)NC1C2CCOC2C1(C)C.I. The highest BCUT2D eigenvalue weighted by Gasteiger charge is 2.59. The fourth-order valence-corrected chi connectivity index (χ4v) is 4.39. The van der Waals surface area contributed by atoms with Crippen molar-refractivity contribution in [1.29, 1.82) is 0 Å². The normalized spacial score (nSPS) is 24.3. The first-order chi connectivity index (χ1) is 14.0. The van der Waals surface area contributed by atoms with Crippen LogP contribution in [0.5, 0.6) is 11.5 Å². The number of nitrogens with zero attached hydrogens (tertiary/aromatic N) is 2. The molecule has 3 atom stereocenters. The molecule has 1 saturated heterocycles. The Labute approximate surface area is 193 Å². The number of nitrogens with one attached hydrogen (secondary N) is 2. The Morgan fingerprint density at radius 2 is 2.03 bits per heavy atom. The van der Waals surface area contributed by atoms with E-state index in [1.807, 2.05) is 6.07 Å². The summed E-state index contributed by atoms with van der Waals surface area (Å²) in [6.45, 7) is 5.83. The Morgan fingerprint density at radius 1 is 1.27 bits per heavy atom. The van der Waals surface area contributed by atoms with E-state index in [4.69, 9.17) is 9.47 Å². The lowest BCUT2D eigenvalue weighted by Gasteiger charge is -2.54. The van der Waals surface area contributed by atoms with E-state index in [2.05, 4.69) is 34.5 Å². The quantitative estimate of drug-likeness (QED) is 0.349. The number of pyridine rings is 1. The molecule has 2 fully saturated rings. The van der Waals surface area contributed by atoms with Crippen LogP contribution in [0, 0.1) is 17.2 Å². The van der Waals surface area contributed by atoms with Gasteiger partial charge in [-0.1, -0.05) is 13.8 Å². The second kappa shape index (κ2) is 9.47. The molecule has 4 rings (SSSR count). The summed E-state index contributed by atoms with van der Waals surface area (Å²) in [6, 6.07) is 9.91. The van der Waals surface area contributed by atoms with Gasteiger partial charge in [0.15, 0.2) is 5.96 Å². The van der Waals surface area contributed by atoms with Gasteiger partial charge in [-0.05, 0) is 36.8 Å². The topological polar surface area (TPSA) is 67.8 Å². The molecule has 30 heavy (non-hydrogen) atoms.